The third-order valence-electron chi connectivity index (χ3n) is 3.69. The molecule has 0 bridgehead atoms. The van der Waals surface area contributed by atoms with Crippen LogP contribution in [-0.4, -0.2) is 36.4 Å². The van der Waals surface area contributed by atoms with Crippen LogP contribution in [0.15, 0.2) is 23.3 Å². The minimum atomic E-state index is -4.50. The average Bonchev–Trinajstić information content (AvgIpc) is 2.57. The maximum Gasteiger partial charge on any atom is 0.416 e. The van der Waals surface area contributed by atoms with E-state index >= 15 is 0 Å². The van der Waals surface area contributed by atoms with Gasteiger partial charge in [0.15, 0.2) is 0 Å². The van der Waals surface area contributed by atoms with Gasteiger partial charge in [-0.2, -0.15) is 13.2 Å². The molecule has 0 atom stereocenters. The number of benzene rings is 1. The number of rotatable bonds is 3. The molecule has 0 unspecified atom stereocenters. The topological polar surface area (TPSA) is 53.9 Å². The normalized spacial score (nSPS) is 15.9. The number of alkyl halides is 3. The maximum absolute atomic E-state index is 12.8. The highest BCUT2D eigenvalue weighted by Gasteiger charge is 2.31. The summed E-state index contributed by atoms with van der Waals surface area (Å²) in [6, 6.07) is 2.87. The van der Waals surface area contributed by atoms with Gasteiger partial charge in [0.2, 0.25) is 5.84 Å². The van der Waals surface area contributed by atoms with Crippen LogP contribution in [0.5, 0.6) is 0 Å². The number of piperidine rings is 1. The number of hydrogen-bond acceptors (Lipinski definition) is 4. The van der Waals surface area contributed by atoms with Crippen molar-refractivity contribution in [1.82, 2.24) is 4.90 Å². The lowest BCUT2D eigenvalue weighted by Crippen LogP contribution is -2.41. The van der Waals surface area contributed by atoms with Crippen LogP contribution in [0.2, 0.25) is 5.02 Å². The van der Waals surface area contributed by atoms with Crippen molar-refractivity contribution in [3.63, 3.8) is 0 Å². The van der Waals surface area contributed by atoms with Crippen LogP contribution >= 0.6 is 11.6 Å². The monoisotopic (exact) mass is 377 g/mol. The number of nitrogens with one attached hydrogen (secondary N) is 1. The summed E-state index contributed by atoms with van der Waals surface area (Å²) in [5, 5.41) is 4.05. The first-order valence-electron chi connectivity index (χ1n) is 7.95. The molecule has 0 aromatic heterocycles. The van der Waals surface area contributed by atoms with Crippen molar-refractivity contribution < 1.29 is 22.7 Å². The molecule has 0 radical (unpaired) electrons. The quantitative estimate of drug-likeness (QED) is 0.372. The van der Waals surface area contributed by atoms with Crippen LogP contribution in [0, 0.1) is 0 Å². The summed E-state index contributed by atoms with van der Waals surface area (Å²) < 4.78 is 43.5. The largest absolute Gasteiger partial charge is 0.460 e. The molecular formula is C16H19ClF3N3O2. The lowest BCUT2D eigenvalue weighted by molar-refractivity contribution is -0.138. The van der Waals surface area contributed by atoms with Gasteiger partial charge in [-0.15, -0.1) is 5.10 Å². The number of amidine groups is 1. The van der Waals surface area contributed by atoms with E-state index in [9.17, 15) is 18.0 Å². The van der Waals surface area contributed by atoms with E-state index in [2.05, 4.69) is 10.5 Å². The van der Waals surface area contributed by atoms with Gasteiger partial charge < -0.3 is 9.64 Å². The van der Waals surface area contributed by atoms with Gasteiger partial charge in [-0.1, -0.05) is 11.6 Å². The molecule has 1 fully saturated rings. The third-order valence-corrected chi connectivity index (χ3v) is 4.02. The molecule has 0 amide bonds. The Kier molecular flexibility index (Phi) is 6.52. The number of anilines is 1. The molecule has 2 rings (SSSR count). The molecule has 0 aliphatic carbocycles. The zero-order valence-corrected chi connectivity index (χ0v) is 14.5. The molecule has 1 N–H and O–H groups in total. The van der Waals surface area contributed by atoms with Gasteiger partial charge >= 0.3 is 12.1 Å². The lowest BCUT2D eigenvalue weighted by atomic mass is 10.1. The number of halogens is 4. The Hall–Kier alpha value is -1.96. The van der Waals surface area contributed by atoms with E-state index < -0.39 is 17.7 Å². The number of hydrazone groups is 1. The summed E-state index contributed by atoms with van der Waals surface area (Å²) in [6.45, 7) is 3.12. The van der Waals surface area contributed by atoms with E-state index in [1.54, 1.807) is 11.8 Å². The Bertz CT molecular complexity index is 644. The Balaban J connectivity index is 2.26. The van der Waals surface area contributed by atoms with Crippen LogP contribution < -0.4 is 5.43 Å². The van der Waals surface area contributed by atoms with Gasteiger partial charge in [0, 0.05) is 13.1 Å². The molecule has 1 heterocycles. The molecule has 1 aromatic carbocycles. The highest BCUT2D eigenvalue weighted by atomic mass is 35.5. The highest BCUT2D eigenvalue weighted by Crippen LogP contribution is 2.33. The van der Waals surface area contributed by atoms with E-state index in [-0.39, 0.29) is 23.2 Å². The first-order valence-corrected chi connectivity index (χ1v) is 8.33. The summed E-state index contributed by atoms with van der Waals surface area (Å²) >= 11 is 5.93. The summed E-state index contributed by atoms with van der Waals surface area (Å²) in [5.74, 6) is -0.588. The van der Waals surface area contributed by atoms with Gasteiger partial charge in [-0.25, -0.2) is 4.79 Å². The molecule has 1 aliphatic heterocycles. The Labute approximate surface area is 148 Å². The van der Waals surface area contributed by atoms with E-state index in [4.69, 9.17) is 16.3 Å². The fourth-order valence-electron chi connectivity index (χ4n) is 2.45. The molecule has 0 saturated carbocycles. The molecule has 1 saturated heterocycles. The number of carbonyl (C=O) groups is 1. The van der Waals surface area contributed by atoms with Crippen LogP contribution in [0.4, 0.5) is 18.9 Å². The van der Waals surface area contributed by atoms with Gasteiger partial charge in [0.1, 0.15) is 0 Å². The Morgan fingerprint density at radius 2 is 2.00 bits per heavy atom. The number of nitrogens with zero attached hydrogens (tertiary/aromatic N) is 2. The lowest BCUT2D eigenvalue weighted by Gasteiger charge is -2.28. The van der Waals surface area contributed by atoms with Crippen LogP contribution in [-0.2, 0) is 15.7 Å². The SMILES string of the molecule is CCOC(=O)C(=NNc1cc(C(F)(F)F)ccc1Cl)N1CCCCC1. The fourth-order valence-corrected chi connectivity index (χ4v) is 2.61. The van der Waals surface area contributed by atoms with Crippen molar-refractivity contribution >= 4 is 29.1 Å². The van der Waals surface area contributed by atoms with Crippen molar-refractivity contribution in [2.75, 3.05) is 25.1 Å². The maximum atomic E-state index is 12.8. The molecule has 0 spiro atoms. The van der Waals surface area contributed by atoms with E-state index in [0.717, 1.165) is 37.5 Å². The number of hydrogen-bond donors (Lipinski definition) is 1. The Morgan fingerprint density at radius 1 is 1.32 bits per heavy atom. The van der Waals surface area contributed by atoms with Crippen molar-refractivity contribution in [2.45, 2.75) is 32.4 Å². The summed E-state index contributed by atoms with van der Waals surface area (Å²) in [6.07, 6.45) is -1.63. The highest BCUT2D eigenvalue weighted by molar-refractivity contribution is 6.35. The molecule has 1 aliphatic rings. The van der Waals surface area contributed by atoms with E-state index in [1.165, 1.54) is 0 Å². The van der Waals surface area contributed by atoms with Gasteiger partial charge in [-0.05, 0) is 44.4 Å². The van der Waals surface area contributed by atoms with Crippen molar-refractivity contribution in [3.8, 4) is 0 Å². The first-order chi connectivity index (χ1) is 11.8. The average molecular weight is 378 g/mol. The number of esters is 1. The molecule has 9 heteroatoms. The molecule has 138 valence electrons. The van der Waals surface area contributed by atoms with Gasteiger partial charge in [0.25, 0.3) is 0 Å². The van der Waals surface area contributed by atoms with Crippen LogP contribution in [0.3, 0.4) is 0 Å². The smallest absolute Gasteiger partial charge is 0.416 e. The van der Waals surface area contributed by atoms with Crippen LogP contribution in [0.1, 0.15) is 31.7 Å². The van der Waals surface area contributed by atoms with E-state index in [0.29, 0.717) is 13.1 Å². The fraction of sp³-hybridized carbons (Fsp3) is 0.500. The first kappa shape index (κ1) is 19.4. The van der Waals surface area contributed by atoms with Crippen molar-refractivity contribution in [3.05, 3.63) is 28.8 Å². The molecular weight excluding hydrogens is 359 g/mol. The molecule has 25 heavy (non-hydrogen) atoms. The number of ether oxygens (including phenoxy) is 1. The molecule has 1 aromatic rings. The molecule has 5 nitrogen and oxygen atoms in total. The van der Waals surface area contributed by atoms with Gasteiger partial charge in [0.05, 0.1) is 22.9 Å². The van der Waals surface area contributed by atoms with Crippen molar-refractivity contribution in [2.24, 2.45) is 5.10 Å². The van der Waals surface area contributed by atoms with Crippen LogP contribution in [0.25, 0.3) is 0 Å². The zero-order chi connectivity index (χ0) is 18.4. The minimum Gasteiger partial charge on any atom is -0.460 e. The summed E-state index contributed by atoms with van der Waals surface area (Å²) in [4.78, 5) is 13.9. The second-order valence-corrected chi connectivity index (χ2v) is 5.91. The van der Waals surface area contributed by atoms with E-state index in [1.807, 2.05) is 0 Å². The minimum absolute atomic E-state index is 0.0321. The second-order valence-electron chi connectivity index (χ2n) is 5.51. The third kappa shape index (κ3) is 5.26. The number of carbonyl (C=O) groups excluding carboxylic acids is 1. The predicted octanol–water partition coefficient (Wildman–Crippen LogP) is 4.13. The predicted molar refractivity (Wildman–Crippen MR) is 89.6 cm³/mol. The zero-order valence-electron chi connectivity index (χ0n) is 13.7. The standard InChI is InChI=1S/C16H19ClF3N3O2/c1-2-25-15(24)14(23-8-4-3-5-9-23)22-21-13-10-11(16(18,19)20)6-7-12(13)17/h6-7,10,21H,2-5,8-9H2,1H3. The summed E-state index contributed by atoms with van der Waals surface area (Å²) in [5.41, 5.74) is 1.59. The Morgan fingerprint density at radius 3 is 2.60 bits per heavy atom. The number of likely N-dealkylation sites (tertiary alicyclic amines) is 1. The summed E-state index contributed by atoms with van der Waals surface area (Å²) in [7, 11) is 0. The van der Waals surface area contributed by atoms with Gasteiger partial charge in [-0.3, -0.25) is 5.43 Å². The van der Waals surface area contributed by atoms with Crippen molar-refractivity contribution in [1.29, 1.82) is 0 Å². The second kappa shape index (κ2) is 8.42.